The molecule has 2 atom stereocenters. The Kier molecular flexibility index (Phi) is 6.16. The Bertz CT molecular complexity index is 285. The molecule has 104 valence electrons. The van der Waals surface area contributed by atoms with Gasteiger partial charge in [-0.25, -0.2) is 0 Å². The number of nitrogens with one attached hydrogen (secondary N) is 1. The molecule has 1 aliphatic carbocycles. The SMILES string of the molecule is CCCC(CC1CCCC1)C(=O)NC(C)C(=O)O. The first-order chi connectivity index (χ1) is 8.54. The monoisotopic (exact) mass is 255 g/mol. The summed E-state index contributed by atoms with van der Waals surface area (Å²) in [6, 6.07) is -0.791. The van der Waals surface area contributed by atoms with E-state index >= 15 is 0 Å². The molecule has 0 bridgehead atoms. The Labute approximate surface area is 109 Å². The van der Waals surface area contributed by atoms with Crippen molar-refractivity contribution >= 4 is 11.9 Å². The van der Waals surface area contributed by atoms with Crippen LogP contribution in [0.3, 0.4) is 0 Å². The molecule has 0 radical (unpaired) electrons. The number of hydrogen-bond donors (Lipinski definition) is 2. The standard InChI is InChI=1S/C14H25NO3/c1-3-6-12(9-11-7-4-5-8-11)13(16)15-10(2)14(17)18/h10-12H,3-9H2,1-2H3,(H,15,16)(H,17,18). The Morgan fingerprint density at radius 3 is 2.44 bits per heavy atom. The summed E-state index contributed by atoms with van der Waals surface area (Å²) in [4.78, 5) is 22.8. The van der Waals surface area contributed by atoms with Crippen LogP contribution in [0.2, 0.25) is 0 Å². The predicted molar refractivity (Wildman–Crippen MR) is 70.2 cm³/mol. The van der Waals surface area contributed by atoms with Crippen molar-refractivity contribution in [3.05, 3.63) is 0 Å². The highest BCUT2D eigenvalue weighted by Gasteiger charge is 2.26. The van der Waals surface area contributed by atoms with Crippen molar-refractivity contribution in [3.8, 4) is 0 Å². The third-order valence-electron chi connectivity index (χ3n) is 3.83. The molecule has 2 N–H and O–H groups in total. The summed E-state index contributed by atoms with van der Waals surface area (Å²) < 4.78 is 0. The number of rotatable bonds is 7. The van der Waals surface area contributed by atoms with Crippen molar-refractivity contribution in [1.29, 1.82) is 0 Å². The fourth-order valence-corrected chi connectivity index (χ4v) is 2.75. The molecule has 1 saturated carbocycles. The molecule has 18 heavy (non-hydrogen) atoms. The van der Waals surface area contributed by atoms with Crippen LogP contribution < -0.4 is 5.32 Å². The number of carboxylic acid groups (broad SMARTS) is 1. The maximum atomic E-state index is 12.1. The van der Waals surface area contributed by atoms with Crippen molar-refractivity contribution in [2.24, 2.45) is 11.8 Å². The molecular formula is C14H25NO3. The first kappa shape index (κ1) is 15.0. The number of amides is 1. The second-order valence-corrected chi connectivity index (χ2v) is 5.44. The van der Waals surface area contributed by atoms with Crippen LogP contribution >= 0.6 is 0 Å². The average molecular weight is 255 g/mol. The summed E-state index contributed by atoms with van der Waals surface area (Å²) in [5, 5.41) is 11.4. The van der Waals surface area contributed by atoms with E-state index in [1.165, 1.54) is 32.6 Å². The topological polar surface area (TPSA) is 66.4 Å². The van der Waals surface area contributed by atoms with Crippen LogP contribution in [0.1, 0.15) is 58.8 Å². The molecule has 0 aromatic rings. The third kappa shape index (κ3) is 4.67. The van der Waals surface area contributed by atoms with Gasteiger partial charge in [0.05, 0.1) is 0 Å². The molecule has 0 saturated heterocycles. The molecule has 0 aliphatic heterocycles. The van der Waals surface area contributed by atoms with Crippen molar-refractivity contribution in [1.82, 2.24) is 5.32 Å². The lowest BCUT2D eigenvalue weighted by Gasteiger charge is -2.21. The van der Waals surface area contributed by atoms with Gasteiger partial charge in [0, 0.05) is 5.92 Å². The van der Waals surface area contributed by atoms with Crippen LogP contribution in [-0.4, -0.2) is 23.0 Å². The van der Waals surface area contributed by atoms with E-state index in [9.17, 15) is 9.59 Å². The van der Waals surface area contributed by atoms with Crippen LogP contribution in [0.25, 0.3) is 0 Å². The van der Waals surface area contributed by atoms with Crippen LogP contribution in [0, 0.1) is 11.8 Å². The van der Waals surface area contributed by atoms with Crippen LogP contribution in [0.4, 0.5) is 0 Å². The van der Waals surface area contributed by atoms with Gasteiger partial charge in [-0.3, -0.25) is 9.59 Å². The molecule has 4 nitrogen and oxygen atoms in total. The molecule has 1 rings (SSSR count). The minimum Gasteiger partial charge on any atom is -0.480 e. The van der Waals surface area contributed by atoms with Crippen molar-refractivity contribution < 1.29 is 14.7 Å². The van der Waals surface area contributed by atoms with E-state index in [-0.39, 0.29) is 11.8 Å². The number of hydrogen-bond acceptors (Lipinski definition) is 2. The maximum Gasteiger partial charge on any atom is 0.325 e. The van der Waals surface area contributed by atoms with E-state index in [0.29, 0.717) is 5.92 Å². The number of carbonyl (C=O) groups is 2. The van der Waals surface area contributed by atoms with Crippen molar-refractivity contribution in [3.63, 3.8) is 0 Å². The normalized spacial score (nSPS) is 19.4. The summed E-state index contributed by atoms with van der Waals surface area (Å²) >= 11 is 0. The second kappa shape index (κ2) is 7.39. The van der Waals surface area contributed by atoms with Gasteiger partial charge >= 0.3 is 5.97 Å². The van der Waals surface area contributed by atoms with E-state index in [2.05, 4.69) is 12.2 Å². The molecular weight excluding hydrogens is 230 g/mol. The Morgan fingerprint density at radius 2 is 1.94 bits per heavy atom. The van der Waals surface area contributed by atoms with Gasteiger partial charge in [0.15, 0.2) is 0 Å². The zero-order valence-corrected chi connectivity index (χ0v) is 11.4. The fourth-order valence-electron chi connectivity index (χ4n) is 2.75. The predicted octanol–water partition coefficient (Wildman–Crippen LogP) is 2.57. The smallest absolute Gasteiger partial charge is 0.325 e. The van der Waals surface area contributed by atoms with Gasteiger partial charge in [0.25, 0.3) is 0 Å². The van der Waals surface area contributed by atoms with Crippen molar-refractivity contribution in [2.45, 2.75) is 64.8 Å². The Morgan fingerprint density at radius 1 is 1.33 bits per heavy atom. The lowest BCUT2D eigenvalue weighted by molar-refractivity contribution is -0.142. The van der Waals surface area contributed by atoms with Gasteiger partial charge < -0.3 is 10.4 Å². The van der Waals surface area contributed by atoms with Gasteiger partial charge in [-0.05, 0) is 25.7 Å². The summed E-state index contributed by atoms with van der Waals surface area (Å²) in [5.41, 5.74) is 0. The van der Waals surface area contributed by atoms with E-state index in [4.69, 9.17) is 5.11 Å². The molecule has 0 spiro atoms. The average Bonchev–Trinajstić information content (AvgIpc) is 2.81. The Hall–Kier alpha value is -1.06. The molecule has 0 aromatic heterocycles. The highest BCUT2D eigenvalue weighted by molar-refractivity contribution is 5.84. The first-order valence-electron chi connectivity index (χ1n) is 7.07. The summed E-state index contributed by atoms with van der Waals surface area (Å²) in [6.45, 7) is 3.58. The second-order valence-electron chi connectivity index (χ2n) is 5.44. The molecule has 1 aliphatic rings. The largest absolute Gasteiger partial charge is 0.480 e. The Balaban J connectivity index is 2.48. The number of aliphatic carboxylic acids is 1. The number of carbonyl (C=O) groups excluding carboxylic acids is 1. The van der Waals surface area contributed by atoms with E-state index < -0.39 is 12.0 Å². The van der Waals surface area contributed by atoms with Gasteiger partial charge in [0.2, 0.25) is 5.91 Å². The molecule has 4 heteroatoms. The maximum absolute atomic E-state index is 12.1. The fraction of sp³-hybridized carbons (Fsp3) is 0.857. The zero-order chi connectivity index (χ0) is 13.5. The van der Waals surface area contributed by atoms with E-state index in [0.717, 1.165) is 19.3 Å². The van der Waals surface area contributed by atoms with E-state index in [1.807, 2.05) is 0 Å². The van der Waals surface area contributed by atoms with Crippen LogP contribution in [0.5, 0.6) is 0 Å². The quantitative estimate of drug-likeness (QED) is 0.734. The zero-order valence-electron chi connectivity index (χ0n) is 11.4. The highest BCUT2D eigenvalue weighted by atomic mass is 16.4. The molecule has 1 fully saturated rings. The van der Waals surface area contributed by atoms with Crippen LogP contribution in [-0.2, 0) is 9.59 Å². The summed E-state index contributed by atoms with van der Waals surface area (Å²) in [7, 11) is 0. The summed E-state index contributed by atoms with van der Waals surface area (Å²) in [5.74, 6) is -0.412. The van der Waals surface area contributed by atoms with Gasteiger partial charge in [-0.2, -0.15) is 0 Å². The summed E-state index contributed by atoms with van der Waals surface area (Å²) in [6.07, 6.45) is 7.74. The van der Waals surface area contributed by atoms with Gasteiger partial charge in [-0.1, -0.05) is 39.0 Å². The number of carboxylic acids is 1. The lowest BCUT2D eigenvalue weighted by Crippen LogP contribution is -2.42. The molecule has 0 heterocycles. The molecule has 2 unspecified atom stereocenters. The van der Waals surface area contributed by atoms with Crippen molar-refractivity contribution in [2.75, 3.05) is 0 Å². The third-order valence-corrected chi connectivity index (χ3v) is 3.83. The van der Waals surface area contributed by atoms with Gasteiger partial charge in [-0.15, -0.1) is 0 Å². The molecule has 0 aromatic carbocycles. The molecule has 1 amide bonds. The lowest BCUT2D eigenvalue weighted by atomic mass is 9.89. The highest BCUT2D eigenvalue weighted by Crippen LogP contribution is 2.31. The van der Waals surface area contributed by atoms with E-state index in [1.54, 1.807) is 0 Å². The van der Waals surface area contributed by atoms with Gasteiger partial charge in [0.1, 0.15) is 6.04 Å². The first-order valence-corrected chi connectivity index (χ1v) is 7.07. The minimum absolute atomic E-state index is 0.0140. The van der Waals surface area contributed by atoms with Crippen LogP contribution in [0.15, 0.2) is 0 Å². The minimum atomic E-state index is -0.973.